The smallest absolute Gasteiger partial charge is 0.164 e. The van der Waals surface area contributed by atoms with Crippen LogP contribution < -0.4 is 4.74 Å². The van der Waals surface area contributed by atoms with E-state index in [-0.39, 0.29) is 0 Å². The first kappa shape index (κ1) is 13.4. The molecule has 2 aromatic rings. The lowest BCUT2D eigenvalue weighted by molar-refractivity contribution is 0.287. The Balaban J connectivity index is 2.06. The molecule has 0 amide bonds. The third-order valence-corrected chi connectivity index (χ3v) is 3.45. The molecule has 0 radical (unpaired) electrons. The van der Waals surface area contributed by atoms with Crippen LogP contribution in [0, 0.1) is 0 Å². The van der Waals surface area contributed by atoms with Crippen molar-refractivity contribution in [3.05, 3.63) is 40.9 Å². The molecule has 96 valence electrons. The number of halogens is 2. The number of hydrogen-bond acceptors (Lipinski definition) is 3. The van der Waals surface area contributed by atoms with Gasteiger partial charge in [-0.05, 0) is 24.6 Å². The van der Waals surface area contributed by atoms with Gasteiger partial charge in [0.05, 0.1) is 5.02 Å². The van der Waals surface area contributed by atoms with Gasteiger partial charge in [-0.3, -0.25) is 0 Å². The van der Waals surface area contributed by atoms with Gasteiger partial charge in [-0.15, -0.1) is 0 Å². The van der Waals surface area contributed by atoms with Gasteiger partial charge in [0.2, 0.25) is 0 Å². The summed E-state index contributed by atoms with van der Waals surface area (Å²) in [4.78, 5) is 4.14. The molecule has 6 heteroatoms. The molecule has 0 aliphatic carbocycles. The summed E-state index contributed by atoms with van der Waals surface area (Å²) in [6, 6.07) is 5.72. The van der Waals surface area contributed by atoms with Crippen molar-refractivity contribution in [2.45, 2.75) is 25.4 Å². The second-order valence-electron chi connectivity index (χ2n) is 3.68. The third-order valence-electron chi connectivity index (χ3n) is 2.50. The molecular weight excluding hydrogens is 318 g/mol. The van der Waals surface area contributed by atoms with Crippen molar-refractivity contribution >= 4 is 27.5 Å². The summed E-state index contributed by atoms with van der Waals surface area (Å²) in [7, 11) is 0. The Morgan fingerprint density at radius 3 is 2.94 bits per heavy atom. The predicted octanol–water partition coefficient (Wildman–Crippen LogP) is 3.43. The maximum atomic E-state index is 6.13. The van der Waals surface area contributed by atoms with Crippen LogP contribution >= 0.6 is 27.5 Å². The number of aromatic nitrogens is 3. The van der Waals surface area contributed by atoms with E-state index in [4.69, 9.17) is 16.3 Å². The Morgan fingerprint density at radius 2 is 2.28 bits per heavy atom. The quantitative estimate of drug-likeness (QED) is 0.789. The number of alkyl halides is 1. The largest absolute Gasteiger partial charge is 0.484 e. The van der Waals surface area contributed by atoms with E-state index in [0.717, 1.165) is 23.3 Å². The Kier molecular flexibility index (Phi) is 4.60. The van der Waals surface area contributed by atoms with E-state index in [0.29, 0.717) is 17.4 Å². The molecule has 0 atom stereocenters. The van der Waals surface area contributed by atoms with E-state index in [1.54, 1.807) is 4.68 Å². The zero-order valence-electron chi connectivity index (χ0n) is 9.94. The van der Waals surface area contributed by atoms with Crippen molar-refractivity contribution in [3.8, 4) is 5.75 Å². The number of aryl methyl sites for hydroxylation is 1. The van der Waals surface area contributed by atoms with Crippen LogP contribution in [-0.2, 0) is 18.5 Å². The van der Waals surface area contributed by atoms with Gasteiger partial charge in [0.15, 0.2) is 5.82 Å². The van der Waals surface area contributed by atoms with Gasteiger partial charge in [-0.25, -0.2) is 9.67 Å². The third kappa shape index (κ3) is 3.03. The Morgan fingerprint density at radius 1 is 1.44 bits per heavy atom. The van der Waals surface area contributed by atoms with Crippen molar-refractivity contribution in [2.75, 3.05) is 0 Å². The number of rotatable bonds is 5. The van der Waals surface area contributed by atoms with E-state index in [9.17, 15) is 0 Å². The van der Waals surface area contributed by atoms with E-state index in [1.807, 2.05) is 25.1 Å². The monoisotopic (exact) mass is 329 g/mol. The maximum absolute atomic E-state index is 6.13. The fourth-order valence-corrected chi connectivity index (χ4v) is 2.16. The summed E-state index contributed by atoms with van der Waals surface area (Å²) in [5, 5.41) is 5.46. The van der Waals surface area contributed by atoms with Gasteiger partial charge in [-0.1, -0.05) is 33.6 Å². The molecule has 0 unspecified atom stereocenters. The topological polar surface area (TPSA) is 39.9 Å². The molecule has 18 heavy (non-hydrogen) atoms. The number of benzene rings is 1. The summed E-state index contributed by atoms with van der Waals surface area (Å²) in [5.41, 5.74) is 1.11. The van der Waals surface area contributed by atoms with Gasteiger partial charge < -0.3 is 4.74 Å². The first-order valence-corrected chi connectivity index (χ1v) is 7.08. The SMILES string of the molecule is CCn1ncnc1COc1ccc(CBr)cc1Cl. The number of hydrogen-bond donors (Lipinski definition) is 0. The van der Waals surface area contributed by atoms with Crippen LogP contribution in [0.1, 0.15) is 18.3 Å². The Hall–Kier alpha value is -1.07. The number of nitrogens with zero attached hydrogens (tertiary/aromatic N) is 3. The van der Waals surface area contributed by atoms with Crippen LogP contribution in [0.2, 0.25) is 5.02 Å². The summed E-state index contributed by atoms with van der Waals surface area (Å²) in [6.45, 7) is 3.14. The van der Waals surface area contributed by atoms with E-state index >= 15 is 0 Å². The predicted molar refractivity (Wildman–Crippen MR) is 74.1 cm³/mol. The number of ether oxygens (including phenoxy) is 1. The Labute approximate surface area is 119 Å². The first-order valence-electron chi connectivity index (χ1n) is 5.58. The van der Waals surface area contributed by atoms with Crippen molar-refractivity contribution < 1.29 is 4.74 Å². The highest BCUT2D eigenvalue weighted by Gasteiger charge is 2.06. The summed E-state index contributed by atoms with van der Waals surface area (Å²) in [5.74, 6) is 1.45. The molecule has 1 heterocycles. The molecule has 0 aliphatic heterocycles. The van der Waals surface area contributed by atoms with Crippen molar-refractivity contribution in [3.63, 3.8) is 0 Å². The molecule has 1 aromatic carbocycles. The molecule has 0 saturated carbocycles. The maximum Gasteiger partial charge on any atom is 0.164 e. The lowest BCUT2D eigenvalue weighted by atomic mass is 10.2. The molecule has 0 N–H and O–H groups in total. The van der Waals surface area contributed by atoms with E-state index in [1.165, 1.54) is 6.33 Å². The summed E-state index contributed by atoms with van der Waals surface area (Å²) < 4.78 is 7.44. The van der Waals surface area contributed by atoms with E-state index in [2.05, 4.69) is 26.0 Å². The fraction of sp³-hybridized carbons (Fsp3) is 0.333. The standard InChI is InChI=1S/C12H13BrClN3O/c1-2-17-12(15-8-16-17)7-18-11-4-3-9(6-13)5-10(11)14/h3-5,8H,2,6-7H2,1H3. The second kappa shape index (κ2) is 6.20. The lowest BCUT2D eigenvalue weighted by Crippen LogP contribution is -2.07. The van der Waals surface area contributed by atoms with Crippen LogP contribution in [-0.4, -0.2) is 14.8 Å². The summed E-state index contributed by atoms with van der Waals surface area (Å²) >= 11 is 9.52. The van der Waals surface area contributed by atoms with Crippen molar-refractivity contribution in [1.29, 1.82) is 0 Å². The van der Waals surface area contributed by atoms with Gasteiger partial charge in [-0.2, -0.15) is 5.10 Å². The molecule has 0 fully saturated rings. The van der Waals surface area contributed by atoms with Gasteiger partial charge in [0.25, 0.3) is 0 Å². The van der Waals surface area contributed by atoms with Crippen LogP contribution in [0.4, 0.5) is 0 Å². The average Bonchev–Trinajstić information content (AvgIpc) is 2.84. The lowest BCUT2D eigenvalue weighted by Gasteiger charge is -2.09. The van der Waals surface area contributed by atoms with Gasteiger partial charge in [0.1, 0.15) is 18.7 Å². The first-order chi connectivity index (χ1) is 8.74. The average molecular weight is 331 g/mol. The van der Waals surface area contributed by atoms with Crippen LogP contribution in [0.15, 0.2) is 24.5 Å². The molecule has 0 saturated heterocycles. The van der Waals surface area contributed by atoms with Gasteiger partial charge in [0, 0.05) is 11.9 Å². The fourth-order valence-electron chi connectivity index (χ4n) is 1.55. The van der Waals surface area contributed by atoms with E-state index < -0.39 is 0 Å². The minimum atomic E-state index is 0.362. The Bertz CT molecular complexity index is 530. The molecular formula is C12H13BrClN3O. The second-order valence-corrected chi connectivity index (χ2v) is 4.65. The zero-order valence-corrected chi connectivity index (χ0v) is 12.3. The molecule has 0 spiro atoms. The molecule has 4 nitrogen and oxygen atoms in total. The molecule has 1 aromatic heterocycles. The zero-order chi connectivity index (χ0) is 13.0. The van der Waals surface area contributed by atoms with Gasteiger partial charge >= 0.3 is 0 Å². The highest BCUT2D eigenvalue weighted by atomic mass is 79.9. The minimum absolute atomic E-state index is 0.362. The van der Waals surface area contributed by atoms with Crippen LogP contribution in [0.5, 0.6) is 5.75 Å². The summed E-state index contributed by atoms with van der Waals surface area (Å²) in [6.07, 6.45) is 1.53. The molecule has 0 bridgehead atoms. The minimum Gasteiger partial charge on any atom is -0.484 e. The van der Waals surface area contributed by atoms with Crippen LogP contribution in [0.25, 0.3) is 0 Å². The normalized spacial score (nSPS) is 10.6. The highest BCUT2D eigenvalue weighted by molar-refractivity contribution is 9.08. The molecule has 0 aliphatic rings. The molecule has 2 rings (SSSR count). The van der Waals surface area contributed by atoms with Crippen molar-refractivity contribution in [2.24, 2.45) is 0 Å². The highest BCUT2D eigenvalue weighted by Crippen LogP contribution is 2.26. The van der Waals surface area contributed by atoms with Crippen LogP contribution in [0.3, 0.4) is 0 Å². The van der Waals surface area contributed by atoms with Crippen molar-refractivity contribution in [1.82, 2.24) is 14.8 Å².